The van der Waals surface area contributed by atoms with Gasteiger partial charge in [-0.15, -0.1) is 0 Å². The molecule has 2 aliphatic heterocycles. The van der Waals surface area contributed by atoms with Crippen LogP contribution in [0.4, 0.5) is 0 Å². The minimum absolute atomic E-state index is 0.240. The van der Waals surface area contributed by atoms with Gasteiger partial charge in [-0.3, -0.25) is 4.79 Å². The van der Waals surface area contributed by atoms with E-state index >= 15 is 0 Å². The molecular formula is C14H27N3O2. The Bertz CT molecular complexity index is 295. The number of hydrogen-bond acceptors (Lipinski definition) is 4. The third-order valence-electron chi connectivity index (χ3n) is 4.38. The average molecular weight is 269 g/mol. The Balaban J connectivity index is 1.66. The van der Waals surface area contributed by atoms with Gasteiger partial charge >= 0.3 is 0 Å². The Labute approximate surface area is 116 Å². The summed E-state index contributed by atoms with van der Waals surface area (Å²) in [6.07, 6.45) is 2.17. The normalized spacial score (nSPS) is 24.4. The lowest BCUT2D eigenvalue weighted by molar-refractivity contribution is -0.131. The largest absolute Gasteiger partial charge is 0.381 e. The van der Waals surface area contributed by atoms with E-state index in [0.717, 1.165) is 58.8 Å². The molecule has 0 aliphatic carbocycles. The minimum Gasteiger partial charge on any atom is -0.381 e. The number of rotatable bonds is 4. The van der Waals surface area contributed by atoms with Crippen LogP contribution in [0.5, 0.6) is 0 Å². The first-order valence-electron chi connectivity index (χ1n) is 7.34. The Morgan fingerprint density at radius 1 is 1.21 bits per heavy atom. The van der Waals surface area contributed by atoms with Crippen LogP contribution in [-0.4, -0.2) is 75.2 Å². The van der Waals surface area contributed by atoms with Crippen molar-refractivity contribution < 1.29 is 9.53 Å². The fraction of sp³-hybridized carbons (Fsp3) is 0.929. The van der Waals surface area contributed by atoms with Crippen molar-refractivity contribution in [3.8, 4) is 0 Å². The summed E-state index contributed by atoms with van der Waals surface area (Å²) < 4.78 is 5.39. The SMILES string of the molecule is CN1CCN(C(=O)CNCC2(C)CCOCC2)CC1. The van der Waals surface area contributed by atoms with E-state index in [2.05, 4.69) is 24.2 Å². The Morgan fingerprint density at radius 2 is 1.84 bits per heavy atom. The van der Waals surface area contributed by atoms with E-state index in [1.165, 1.54) is 0 Å². The smallest absolute Gasteiger partial charge is 0.236 e. The van der Waals surface area contributed by atoms with Crippen LogP contribution < -0.4 is 5.32 Å². The van der Waals surface area contributed by atoms with Gasteiger partial charge in [0.15, 0.2) is 0 Å². The molecule has 2 fully saturated rings. The monoisotopic (exact) mass is 269 g/mol. The van der Waals surface area contributed by atoms with Gasteiger partial charge in [-0.05, 0) is 25.3 Å². The average Bonchev–Trinajstić information content (AvgIpc) is 2.40. The highest BCUT2D eigenvalue weighted by atomic mass is 16.5. The summed E-state index contributed by atoms with van der Waals surface area (Å²) in [5, 5.41) is 3.34. The molecule has 0 bridgehead atoms. The molecule has 19 heavy (non-hydrogen) atoms. The van der Waals surface area contributed by atoms with Crippen LogP contribution in [0.15, 0.2) is 0 Å². The van der Waals surface area contributed by atoms with Gasteiger partial charge in [-0.2, -0.15) is 0 Å². The second-order valence-electron chi connectivity index (χ2n) is 6.21. The van der Waals surface area contributed by atoms with E-state index in [4.69, 9.17) is 4.74 Å². The molecule has 0 aromatic rings. The van der Waals surface area contributed by atoms with E-state index in [1.54, 1.807) is 0 Å². The van der Waals surface area contributed by atoms with Crippen LogP contribution in [0, 0.1) is 5.41 Å². The minimum atomic E-state index is 0.240. The molecular weight excluding hydrogens is 242 g/mol. The molecule has 0 aromatic heterocycles. The fourth-order valence-electron chi connectivity index (χ4n) is 2.68. The van der Waals surface area contributed by atoms with Gasteiger partial charge in [-0.25, -0.2) is 0 Å². The first-order valence-corrected chi connectivity index (χ1v) is 7.34. The molecule has 2 aliphatic rings. The van der Waals surface area contributed by atoms with Gasteiger partial charge in [0.25, 0.3) is 0 Å². The van der Waals surface area contributed by atoms with Crippen LogP contribution in [-0.2, 0) is 9.53 Å². The zero-order chi connectivity index (χ0) is 13.7. The Morgan fingerprint density at radius 3 is 2.47 bits per heavy atom. The summed E-state index contributed by atoms with van der Waals surface area (Å²) >= 11 is 0. The number of nitrogens with one attached hydrogen (secondary N) is 1. The molecule has 5 nitrogen and oxygen atoms in total. The third-order valence-corrected chi connectivity index (χ3v) is 4.38. The van der Waals surface area contributed by atoms with Crippen LogP contribution >= 0.6 is 0 Å². The van der Waals surface area contributed by atoms with E-state index in [9.17, 15) is 4.79 Å². The molecule has 2 heterocycles. The molecule has 110 valence electrons. The molecule has 1 amide bonds. The number of likely N-dealkylation sites (N-methyl/N-ethyl adjacent to an activating group) is 1. The highest BCUT2D eigenvalue weighted by Gasteiger charge is 2.27. The van der Waals surface area contributed by atoms with Crippen molar-refractivity contribution in [2.75, 3.05) is 59.5 Å². The molecule has 0 atom stereocenters. The third kappa shape index (κ3) is 4.44. The van der Waals surface area contributed by atoms with Crippen molar-refractivity contribution >= 4 is 5.91 Å². The maximum atomic E-state index is 12.1. The van der Waals surface area contributed by atoms with Gasteiger partial charge in [0.05, 0.1) is 6.54 Å². The first-order chi connectivity index (χ1) is 9.09. The maximum Gasteiger partial charge on any atom is 0.236 e. The lowest BCUT2D eigenvalue weighted by Gasteiger charge is -2.35. The Kier molecular flexibility index (Phi) is 5.19. The van der Waals surface area contributed by atoms with Crippen LogP contribution in [0.25, 0.3) is 0 Å². The molecule has 1 N–H and O–H groups in total. The first kappa shape index (κ1) is 14.8. The zero-order valence-electron chi connectivity index (χ0n) is 12.3. The van der Waals surface area contributed by atoms with Crippen molar-refractivity contribution in [3.63, 3.8) is 0 Å². The van der Waals surface area contributed by atoms with E-state index in [1.807, 2.05) is 4.90 Å². The number of nitrogens with zero attached hydrogens (tertiary/aromatic N) is 2. The lowest BCUT2D eigenvalue weighted by atomic mass is 9.82. The molecule has 0 radical (unpaired) electrons. The van der Waals surface area contributed by atoms with Crippen molar-refractivity contribution in [1.82, 2.24) is 15.1 Å². The molecule has 0 spiro atoms. The van der Waals surface area contributed by atoms with Crippen LogP contribution in [0.1, 0.15) is 19.8 Å². The van der Waals surface area contributed by atoms with E-state index in [-0.39, 0.29) is 5.91 Å². The van der Waals surface area contributed by atoms with Gasteiger partial charge < -0.3 is 19.9 Å². The van der Waals surface area contributed by atoms with E-state index in [0.29, 0.717) is 12.0 Å². The van der Waals surface area contributed by atoms with Gasteiger partial charge in [0.1, 0.15) is 0 Å². The van der Waals surface area contributed by atoms with E-state index < -0.39 is 0 Å². The summed E-state index contributed by atoms with van der Waals surface area (Å²) in [6.45, 7) is 9.07. The Hall–Kier alpha value is -0.650. The van der Waals surface area contributed by atoms with Crippen molar-refractivity contribution in [1.29, 1.82) is 0 Å². The number of piperazine rings is 1. The van der Waals surface area contributed by atoms with Crippen molar-refractivity contribution in [2.24, 2.45) is 5.41 Å². The number of carbonyl (C=O) groups excluding carboxylic acids is 1. The number of ether oxygens (including phenoxy) is 1. The molecule has 0 aromatic carbocycles. The topological polar surface area (TPSA) is 44.8 Å². The molecule has 2 saturated heterocycles. The lowest BCUT2D eigenvalue weighted by Crippen LogP contribution is -2.50. The maximum absolute atomic E-state index is 12.1. The molecule has 0 unspecified atom stereocenters. The summed E-state index contributed by atoms with van der Waals surface area (Å²) in [6, 6.07) is 0. The van der Waals surface area contributed by atoms with Gasteiger partial charge in [-0.1, -0.05) is 6.92 Å². The molecule has 5 heteroatoms. The van der Waals surface area contributed by atoms with Gasteiger partial charge in [0.2, 0.25) is 5.91 Å². The van der Waals surface area contributed by atoms with Crippen molar-refractivity contribution in [3.05, 3.63) is 0 Å². The highest BCUT2D eigenvalue weighted by Crippen LogP contribution is 2.28. The summed E-state index contributed by atoms with van der Waals surface area (Å²) in [5.74, 6) is 0.240. The highest BCUT2D eigenvalue weighted by molar-refractivity contribution is 5.78. The van der Waals surface area contributed by atoms with Crippen molar-refractivity contribution in [2.45, 2.75) is 19.8 Å². The zero-order valence-corrected chi connectivity index (χ0v) is 12.3. The number of amides is 1. The predicted octanol–water partition coefficient (Wildman–Crippen LogP) is 0.167. The number of hydrogen-bond donors (Lipinski definition) is 1. The summed E-state index contributed by atoms with van der Waals surface area (Å²) in [5.41, 5.74) is 0.292. The van der Waals surface area contributed by atoms with Gasteiger partial charge in [0, 0.05) is 45.9 Å². The summed E-state index contributed by atoms with van der Waals surface area (Å²) in [4.78, 5) is 16.3. The fourth-order valence-corrected chi connectivity index (χ4v) is 2.68. The summed E-state index contributed by atoms with van der Waals surface area (Å²) in [7, 11) is 2.10. The standard InChI is InChI=1S/C14H27N3O2/c1-14(3-9-19-10-4-14)12-15-11-13(18)17-7-5-16(2)6-8-17/h15H,3-12H2,1-2H3. The second kappa shape index (κ2) is 6.68. The predicted molar refractivity (Wildman–Crippen MR) is 75.1 cm³/mol. The number of carbonyl (C=O) groups is 1. The second-order valence-corrected chi connectivity index (χ2v) is 6.21. The quantitative estimate of drug-likeness (QED) is 0.790. The van der Waals surface area contributed by atoms with Crippen LogP contribution in [0.2, 0.25) is 0 Å². The molecule has 2 rings (SSSR count). The van der Waals surface area contributed by atoms with Crippen LogP contribution in [0.3, 0.4) is 0 Å². The molecule has 0 saturated carbocycles.